The van der Waals surface area contributed by atoms with Gasteiger partial charge in [-0.15, -0.1) is 0 Å². The van der Waals surface area contributed by atoms with Gasteiger partial charge in [-0.25, -0.2) is 4.99 Å². The smallest absolute Gasteiger partial charge is 0.189 e. The van der Waals surface area contributed by atoms with Crippen LogP contribution in [-0.2, 0) is 29.2 Å². The molecule has 1 unspecified atom stereocenters. The molecule has 2 aromatic carbocycles. The van der Waals surface area contributed by atoms with Crippen molar-refractivity contribution in [1.29, 1.82) is 0 Å². The summed E-state index contributed by atoms with van der Waals surface area (Å²) in [5.41, 5.74) is 9.30. The Labute approximate surface area is 149 Å². The van der Waals surface area contributed by atoms with Gasteiger partial charge in [0.25, 0.3) is 0 Å². The highest BCUT2D eigenvalue weighted by Crippen LogP contribution is 2.09. The van der Waals surface area contributed by atoms with Crippen molar-refractivity contribution in [2.45, 2.75) is 32.7 Å². The Hall–Kier alpha value is -2.37. The van der Waals surface area contributed by atoms with Crippen LogP contribution in [0.15, 0.2) is 59.6 Å². The van der Waals surface area contributed by atoms with E-state index in [1.807, 2.05) is 37.3 Å². The minimum Gasteiger partial charge on any atom is -0.383 e. The molecule has 0 aliphatic rings. The molecule has 0 aromatic heterocycles. The van der Waals surface area contributed by atoms with Crippen LogP contribution in [0.1, 0.15) is 23.6 Å². The standard InChI is InChI=1S/C20H27N3O2/c1-16(13-24-2)23-20(21)22-12-18-9-6-10-19(11-18)15-25-14-17-7-4-3-5-8-17/h3-11,16H,12-15H2,1-2H3,(H3,21,22,23). The lowest BCUT2D eigenvalue weighted by Gasteiger charge is -2.13. The third kappa shape index (κ3) is 7.37. The Morgan fingerprint density at radius 2 is 1.72 bits per heavy atom. The Bertz CT molecular complexity index is 659. The average Bonchev–Trinajstić information content (AvgIpc) is 2.61. The second-order valence-corrected chi connectivity index (χ2v) is 6.00. The number of nitrogens with one attached hydrogen (secondary N) is 1. The number of hydrogen-bond donors (Lipinski definition) is 2. The molecule has 0 fully saturated rings. The maximum absolute atomic E-state index is 5.89. The molecule has 0 radical (unpaired) electrons. The number of rotatable bonds is 9. The Morgan fingerprint density at radius 3 is 2.48 bits per heavy atom. The normalized spacial score (nSPS) is 12.8. The molecule has 0 heterocycles. The number of benzene rings is 2. The summed E-state index contributed by atoms with van der Waals surface area (Å²) in [4.78, 5) is 4.37. The summed E-state index contributed by atoms with van der Waals surface area (Å²) in [5, 5.41) is 3.10. The quantitative estimate of drug-likeness (QED) is 0.543. The molecule has 3 N–H and O–H groups in total. The Kier molecular flexibility index (Phi) is 7.95. The predicted octanol–water partition coefficient (Wildman–Crippen LogP) is 2.84. The lowest BCUT2D eigenvalue weighted by Crippen LogP contribution is -2.40. The van der Waals surface area contributed by atoms with E-state index in [1.165, 1.54) is 5.56 Å². The molecule has 0 spiro atoms. The second-order valence-electron chi connectivity index (χ2n) is 6.00. The van der Waals surface area contributed by atoms with Gasteiger partial charge in [-0.05, 0) is 23.6 Å². The lowest BCUT2D eigenvalue weighted by molar-refractivity contribution is 0.107. The van der Waals surface area contributed by atoms with E-state index in [-0.39, 0.29) is 6.04 Å². The van der Waals surface area contributed by atoms with Crippen molar-refractivity contribution in [3.63, 3.8) is 0 Å². The highest BCUT2D eigenvalue weighted by Gasteiger charge is 2.02. The molecule has 2 rings (SSSR count). The van der Waals surface area contributed by atoms with Crippen LogP contribution < -0.4 is 11.1 Å². The van der Waals surface area contributed by atoms with Crippen molar-refractivity contribution >= 4 is 5.96 Å². The van der Waals surface area contributed by atoms with Gasteiger partial charge >= 0.3 is 0 Å². The van der Waals surface area contributed by atoms with E-state index in [0.29, 0.717) is 32.3 Å². The van der Waals surface area contributed by atoms with Crippen molar-refractivity contribution < 1.29 is 9.47 Å². The fraction of sp³-hybridized carbons (Fsp3) is 0.350. The summed E-state index contributed by atoms with van der Waals surface area (Å²) in [6.45, 7) is 4.30. The van der Waals surface area contributed by atoms with Crippen molar-refractivity contribution in [3.8, 4) is 0 Å². The second kappa shape index (κ2) is 10.5. The third-order valence-electron chi connectivity index (χ3n) is 3.61. The number of nitrogens with two attached hydrogens (primary N) is 1. The molecule has 0 aliphatic heterocycles. The van der Waals surface area contributed by atoms with Crippen LogP contribution >= 0.6 is 0 Å². The fourth-order valence-electron chi connectivity index (χ4n) is 2.44. The molecular weight excluding hydrogens is 314 g/mol. The highest BCUT2D eigenvalue weighted by molar-refractivity contribution is 5.78. The predicted molar refractivity (Wildman–Crippen MR) is 101 cm³/mol. The number of methoxy groups -OCH3 is 1. The summed E-state index contributed by atoms with van der Waals surface area (Å²) >= 11 is 0. The molecule has 1 atom stereocenters. The van der Waals surface area contributed by atoms with Gasteiger partial charge in [0.2, 0.25) is 0 Å². The minimum atomic E-state index is 0.131. The summed E-state index contributed by atoms with van der Waals surface area (Å²) < 4.78 is 10.8. The zero-order chi connectivity index (χ0) is 17.9. The van der Waals surface area contributed by atoms with Crippen LogP contribution in [0.4, 0.5) is 0 Å². The van der Waals surface area contributed by atoms with Gasteiger partial charge in [0.1, 0.15) is 0 Å². The number of ether oxygens (including phenoxy) is 2. The van der Waals surface area contributed by atoms with Crippen LogP contribution in [0, 0.1) is 0 Å². The lowest BCUT2D eigenvalue weighted by atomic mass is 10.1. The first-order valence-electron chi connectivity index (χ1n) is 8.42. The highest BCUT2D eigenvalue weighted by atomic mass is 16.5. The summed E-state index contributed by atoms with van der Waals surface area (Å²) in [6, 6.07) is 18.5. The van der Waals surface area contributed by atoms with Gasteiger partial charge < -0.3 is 20.5 Å². The molecule has 25 heavy (non-hydrogen) atoms. The summed E-state index contributed by atoms with van der Waals surface area (Å²) in [6.07, 6.45) is 0. The van der Waals surface area contributed by atoms with Crippen LogP contribution in [0.5, 0.6) is 0 Å². The van der Waals surface area contributed by atoms with E-state index in [1.54, 1.807) is 7.11 Å². The molecule has 0 amide bonds. The molecule has 0 saturated carbocycles. The zero-order valence-electron chi connectivity index (χ0n) is 14.9. The van der Waals surface area contributed by atoms with Gasteiger partial charge in [-0.2, -0.15) is 0 Å². The molecule has 5 heteroatoms. The Morgan fingerprint density at radius 1 is 1.04 bits per heavy atom. The van der Waals surface area contributed by atoms with E-state index < -0.39 is 0 Å². The van der Waals surface area contributed by atoms with Crippen molar-refractivity contribution in [1.82, 2.24) is 5.32 Å². The van der Waals surface area contributed by atoms with Crippen LogP contribution in [-0.4, -0.2) is 25.7 Å². The molecule has 0 aliphatic carbocycles. The largest absolute Gasteiger partial charge is 0.383 e. The van der Waals surface area contributed by atoms with E-state index in [4.69, 9.17) is 15.2 Å². The van der Waals surface area contributed by atoms with Gasteiger partial charge in [-0.1, -0.05) is 54.6 Å². The fourth-order valence-corrected chi connectivity index (χ4v) is 2.44. The van der Waals surface area contributed by atoms with E-state index >= 15 is 0 Å². The van der Waals surface area contributed by atoms with E-state index in [2.05, 4.69) is 34.6 Å². The van der Waals surface area contributed by atoms with Crippen molar-refractivity contribution in [3.05, 3.63) is 71.3 Å². The average molecular weight is 341 g/mol. The number of aliphatic imine (C=N–C) groups is 1. The molecule has 2 aromatic rings. The van der Waals surface area contributed by atoms with Crippen molar-refractivity contribution in [2.24, 2.45) is 10.7 Å². The van der Waals surface area contributed by atoms with E-state index in [0.717, 1.165) is 11.1 Å². The number of hydrogen-bond acceptors (Lipinski definition) is 3. The summed E-state index contributed by atoms with van der Waals surface area (Å²) in [5.74, 6) is 0.426. The first kappa shape index (κ1) is 19.0. The maximum Gasteiger partial charge on any atom is 0.189 e. The SMILES string of the molecule is COCC(C)NC(N)=NCc1cccc(COCc2ccccc2)c1. The maximum atomic E-state index is 5.89. The van der Waals surface area contributed by atoms with Crippen LogP contribution in [0.25, 0.3) is 0 Å². The first-order chi connectivity index (χ1) is 12.2. The van der Waals surface area contributed by atoms with Crippen molar-refractivity contribution in [2.75, 3.05) is 13.7 Å². The topological polar surface area (TPSA) is 68.9 Å². The van der Waals surface area contributed by atoms with Gasteiger partial charge in [0.15, 0.2) is 5.96 Å². The zero-order valence-corrected chi connectivity index (χ0v) is 14.9. The first-order valence-corrected chi connectivity index (χ1v) is 8.42. The van der Waals surface area contributed by atoms with Crippen LogP contribution in [0.2, 0.25) is 0 Å². The van der Waals surface area contributed by atoms with E-state index in [9.17, 15) is 0 Å². The van der Waals surface area contributed by atoms with Gasteiger partial charge in [-0.3, -0.25) is 0 Å². The number of guanidine groups is 1. The molecule has 0 bridgehead atoms. The molecule has 0 saturated heterocycles. The van der Waals surface area contributed by atoms with Crippen LogP contribution in [0.3, 0.4) is 0 Å². The number of nitrogens with zero attached hydrogens (tertiary/aromatic N) is 1. The van der Waals surface area contributed by atoms with Gasteiger partial charge in [0.05, 0.1) is 26.4 Å². The minimum absolute atomic E-state index is 0.131. The Balaban J connectivity index is 1.82. The molecular formula is C20H27N3O2. The molecule has 5 nitrogen and oxygen atoms in total. The van der Waals surface area contributed by atoms with Gasteiger partial charge in [0, 0.05) is 13.2 Å². The third-order valence-corrected chi connectivity index (χ3v) is 3.61. The molecule has 134 valence electrons. The summed E-state index contributed by atoms with van der Waals surface area (Å²) in [7, 11) is 1.66. The monoisotopic (exact) mass is 341 g/mol.